The van der Waals surface area contributed by atoms with Gasteiger partial charge in [-0.15, -0.1) is 0 Å². The third-order valence-electron chi connectivity index (χ3n) is 2.05. The monoisotopic (exact) mass is 239 g/mol. The van der Waals surface area contributed by atoms with Crippen molar-refractivity contribution in [3.63, 3.8) is 0 Å². The average molecular weight is 240 g/mol. The van der Waals surface area contributed by atoms with E-state index in [1.807, 2.05) is 6.92 Å². The molecular weight excluding hydrogens is 230 g/mol. The van der Waals surface area contributed by atoms with Crippen molar-refractivity contribution in [3.8, 4) is 0 Å². The van der Waals surface area contributed by atoms with Crippen molar-refractivity contribution in [2.45, 2.75) is 13.5 Å². The molecule has 0 aliphatic rings. The number of nitrogens with zero attached hydrogens (tertiary/aromatic N) is 5. The Labute approximate surface area is 96.5 Å². The summed E-state index contributed by atoms with van der Waals surface area (Å²) in [5.41, 5.74) is 0.556. The molecule has 0 amide bonds. The van der Waals surface area contributed by atoms with Gasteiger partial charge in [0.25, 0.3) is 0 Å². The zero-order valence-electron chi connectivity index (χ0n) is 8.88. The summed E-state index contributed by atoms with van der Waals surface area (Å²) in [6.45, 7) is 2.04. The molecule has 7 heteroatoms. The summed E-state index contributed by atoms with van der Waals surface area (Å²) in [7, 11) is 1.63. The Morgan fingerprint density at radius 1 is 1.44 bits per heavy atom. The van der Waals surface area contributed by atoms with Crippen LogP contribution in [0, 0.1) is 6.92 Å². The molecule has 0 aliphatic carbocycles. The quantitative estimate of drug-likeness (QED) is 0.711. The molecule has 0 fully saturated rings. The van der Waals surface area contributed by atoms with Gasteiger partial charge in [-0.05, 0) is 13.0 Å². The second kappa shape index (κ2) is 4.05. The Kier molecular flexibility index (Phi) is 2.74. The van der Waals surface area contributed by atoms with E-state index in [2.05, 4.69) is 15.1 Å². The number of rotatable bonds is 2. The molecule has 0 aromatic carbocycles. The topological polar surface area (TPSA) is 65.6 Å². The van der Waals surface area contributed by atoms with Crippen LogP contribution in [0.2, 0.25) is 5.15 Å². The number of hydrogen-bond acceptors (Lipinski definition) is 4. The average Bonchev–Trinajstić information content (AvgIpc) is 2.48. The zero-order chi connectivity index (χ0) is 11.7. The molecule has 2 rings (SSSR count). The summed E-state index contributed by atoms with van der Waals surface area (Å²) < 4.78 is 2.67. The van der Waals surface area contributed by atoms with E-state index in [1.54, 1.807) is 13.1 Å². The summed E-state index contributed by atoms with van der Waals surface area (Å²) in [5, 5.41) is 4.28. The van der Waals surface area contributed by atoms with E-state index in [0.29, 0.717) is 11.0 Å². The summed E-state index contributed by atoms with van der Waals surface area (Å²) in [6, 6.07) is 1.66. The highest BCUT2D eigenvalue weighted by molar-refractivity contribution is 6.29. The fourth-order valence-corrected chi connectivity index (χ4v) is 1.58. The molecule has 0 aliphatic heterocycles. The van der Waals surface area contributed by atoms with Crippen LogP contribution in [-0.2, 0) is 13.6 Å². The molecule has 2 heterocycles. The highest BCUT2D eigenvalue weighted by Crippen LogP contribution is 2.06. The Morgan fingerprint density at radius 2 is 2.19 bits per heavy atom. The molecule has 0 spiro atoms. The second-order valence-electron chi connectivity index (χ2n) is 3.43. The van der Waals surface area contributed by atoms with Crippen molar-refractivity contribution in [3.05, 3.63) is 39.5 Å². The predicted octanol–water partition coefficient (Wildman–Crippen LogP) is 0.382. The normalized spacial score (nSPS) is 10.7. The first kappa shape index (κ1) is 10.8. The van der Waals surface area contributed by atoms with Crippen molar-refractivity contribution in [1.82, 2.24) is 24.3 Å². The minimum atomic E-state index is -0.207. The smallest absolute Gasteiger partial charge is 0.285 e. The van der Waals surface area contributed by atoms with E-state index >= 15 is 0 Å². The molecule has 6 nitrogen and oxygen atoms in total. The SMILES string of the molecule is Cc1cc(Cl)nc(Cn2ncn(C)c2=O)n1. The summed E-state index contributed by atoms with van der Waals surface area (Å²) >= 11 is 5.80. The lowest BCUT2D eigenvalue weighted by Gasteiger charge is -2.01. The van der Waals surface area contributed by atoms with Crippen LogP contribution < -0.4 is 5.69 Å². The van der Waals surface area contributed by atoms with Gasteiger partial charge in [0.1, 0.15) is 18.0 Å². The van der Waals surface area contributed by atoms with Gasteiger partial charge >= 0.3 is 5.69 Å². The van der Waals surface area contributed by atoms with Crippen LogP contribution >= 0.6 is 11.6 Å². The number of aryl methyl sites for hydroxylation is 2. The molecule has 0 N–H and O–H groups in total. The third-order valence-corrected chi connectivity index (χ3v) is 2.24. The summed E-state index contributed by atoms with van der Waals surface area (Å²) in [6.07, 6.45) is 1.44. The first-order chi connectivity index (χ1) is 7.56. The predicted molar refractivity (Wildman–Crippen MR) is 58.3 cm³/mol. The summed E-state index contributed by atoms with van der Waals surface area (Å²) in [5.74, 6) is 0.478. The van der Waals surface area contributed by atoms with Gasteiger partial charge in [-0.25, -0.2) is 19.4 Å². The number of halogens is 1. The van der Waals surface area contributed by atoms with Gasteiger partial charge in [0.2, 0.25) is 0 Å². The molecule has 16 heavy (non-hydrogen) atoms. The minimum Gasteiger partial charge on any atom is -0.285 e. The Bertz CT molecular complexity index is 553. The maximum Gasteiger partial charge on any atom is 0.345 e. The van der Waals surface area contributed by atoms with Gasteiger partial charge < -0.3 is 0 Å². The van der Waals surface area contributed by atoms with Crippen molar-refractivity contribution >= 4 is 11.6 Å². The molecule has 84 valence electrons. The van der Waals surface area contributed by atoms with Gasteiger partial charge in [-0.2, -0.15) is 5.10 Å². The molecule has 0 saturated carbocycles. The lowest BCUT2D eigenvalue weighted by molar-refractivity contribution is 0.619. The molecule has 2 aromatic rings. The van der Waals surface area contributed by atoms with E-state index in [4.69, 9.17) is 11.6 Å². The van der Waals surface area contributed by atoms with Crippen molar-refractivity contribution < 1.29 is 0 Å². The van der Waals surface area contributed by atoms with Gasteiger partial charge in [-0.3, -0.25) is 4.57 Å². The van der Waals surface area contributed by atoms with E-state index in [0.717, 1.165) is 5.69 Å². The Morgan fingerprint density at radius 3 is 2.75 bits per heavy atom. The largest absolute Gasteiger partial charge is 0.345 e. The van der Waals surface area contributed by atoms with Gasteiger partial charge in [0.05, 0.1) is 0 Å². The highest BCUT2D eigenvalue weighted by atomic mass is 35.5. The van der Waals surface area contributed by atoms with Crippen LogP contribution in [0.1, 0.15) is 11.5 Å². The van der Waals surface area contributed by atoms with Crippen LogP contribution in [0.5, 0.6) is 0 Å². The molecule has 0 saturated heterocycles. The van der Waals surface area contributed by atoms with Crippen LogP contribution in [0.15, 0.2) is 17.2 Å². The van der Waals surface area contributed by atoms with Gasteiger partial charge in [0, 0.05) is 12.7 Å². The summed E-state index contributed by atoms with van der Waals surface area (Å²) in [4.78, 5) is 19.7. The minimum absolute atomic E-state index is 0.207. The lowest BCUT2D eigenvalue weighted by atomic mass is 10.4. The Balaban J connectivity index is 2.34. The molecule has 0 unspecified atom stereocenters. The van der Waals surface area contributed by atoms with E-state index in [9.17, 15) is 4.79 Å². The van der Waals surface area contributed by atoms with E-state index < -0.39 is 0 Å². The first-order valence-corrected chi connectivity index (χ1v) is 5.02. The lowest BCUT2D eigenvalue weighted by Crippen LogP contribution is -2.24. The number of hydrogen-bond donors (Lipinski definition) is 0. The van der Waals surface area contributed by atoms with Gasteiger partial charge in [-0.1, -0.05) is 11.6 Å². The van der Waals surface area contributed by atoms with E-state index in [1.165, 1.54) is 15.6 Å². The van der Waals surface area contributed by atoms with Crippen molar-refractivity contribution in [1.29, 1.82) is 0 Å². The zero-order valence-corrected chi connectivity index (χ0v) is 9.64. The van der Waals surface area contributed by atoms with Crippen LogP contribution in [0.3, 0.4) is 0 Å². The standard InChI is InChI=1S/C9H10ClN5O/c1-6-3-7(10)13-8(12-6)4-15-9(16)14(2)5-11-15/h3,5H,4H2,1-2H3. The third kappa shape index (κ3) is 2.11. The van der Waals surface area contributed by atoms with Crippen LogP contribution in [-0.4, -0.2) is 24.3 Å². The van der Waals surface area contributed by atoms with Crippen LogP contribution in [0.25, 0.3) is 0 Å². The fraction of sp³-hybridized carbons (Fsp3) is 0.333. The molecule has 0 radical (unpaired) electrons. The molecular formula is C9H10ClN5O. The Hall–Kier alpha value is -1.69. The van der Waals surface area contributed by atoms with Crippen molar-refractivity contribution in [2.75, 3.05) is 0 Å². The molecule has 0 bridgehead atoms. The maximum atomic E-state index is 11.5. The fourth-order valence-electron chi connectivity index (χ4n) is 1.32. The van der Waals surface area contributed by atoms with E-state index in [-0.39, 0.29) is 12.2 Å². The van der Waals surface area contributed by atoms with Gasteiger partial charge in [0.15, 0.2) is 5.82 Å². The highest BCUT2D eigenvalue weighted by Gasteiger charge is 2.06. The molecule has 0 atom stereocenters. The first-order valence-electron chi connectivity index (χ1n) is 4.65. The maximum absolute atomic E-state index is 11.5. The van der Waals surface area contributed by atoms with Crippen LogP contribution in [0.4, 0.5) is 0 Å². The second-order valence-corrected chi connectivity index (χ2v) is 3.82. The molecule has 2 aromatic heterocycles. The number of aromatic nitrogens is 5. The van der Waals surface area contributed by atoms with Crippen molar-refractivity contribution in [2.24, 2.45) is 7.05 Å².